The summed E-state index contributed by atoms with van der Waals surface area (Å²) in [5.74, 6) is -3.04. The number of nitrogens with zero attached hydrogens (tertiary/aromatic N) is 2. The molecule has 2 fully saturated rings. The Labute approximate surface area is 188 Å². The van der Waals surface area contributed by atoms with Crippen molar-refractivity contribution in [2.24, 2.45) is 5.92 Å². The zero-order valence-corrected chi connectivity index (χ0v) is 17.3. The predicted octanol–water partition coefficient (Wildman–Crippen LogP) is 4.09. The molecule has 0 unspecified atom stereocenters. The van der Waals surface area contributed by atoms with Gasteiger partial charge in [-0.3, -0.25) is 14.4 Å². The van der Waals surface area contributed by atoms with Crippen LogP contribution in [0.4, 0.5) is 11.4 Å². The predicted molar refractivity (Wildman–Crippen MR) is 117 cm³/mol. The molecule has 160 valence electrons. The van der Waals surface area contributed by atoms with Gasteiger partial charge in [0, 0.05) is 5.02 Å². The Balaban J connectivity index is 1.64. The van der Waals surface area contributed by atoms with Crippen LogP contribution in [-0.2, 0) is 14.4 Å². The van der Waals surface area contributed by atoms with Crippen molar-refractivity contribution in [2.45, 2.75) is 12.1 Å². The first-order chi connectivity index (χ1) is 15.5. The van der Waals surface area contributed by atoms with Crippen molar-refractivity contribution in [3.05, 3.63) is 95.0 Å². The summed E-state index contributed by atoms with van der Waals surface area (Å²) >= 11 is 6.07. The first-order valence-electron chi connectivity index (χ1n) is 9.94. The highest BCUT2D eigenvalue weighted by atomic mass is 35.5. The van der Waals surface area contributed by atoms with Gasteiger partial charge in [0.25, 0.3) is 5.91 Å². The van der Waals surface area contributed by atoms with Gasteiger partial charge < -0.3 is 5.11 Å². The summed E-state index contributed by atoms with van der Waals surface area (Å²) in [6.45, 7) is 0. The molecule has 0 saturated carbocycles. The topological polar surface area (TPSA) is 87.2 Å². The second-order valence-electron chi connectivity index (χ2n) is 7.54. The highest BCUT2D eigenvalue weighted by Gasteiger charge is 2.60. The summed E-state index contributed by atoms with van der Waals surface area (Å²) in [5, 5.41) is 11.6. The maximum atomic E-state index is 13.6. The summed E-state index contributed by atoms with van der Waals surface area (Å²) in [6.07, 6.45) is -1.09. The van der Waals surface area contributed by atoms with Gasteiger partial charge in [-0.05, 0) is 42.0 Å². The number of hydroxylamine groups is 1. The van der Waals surface area contributed by atoms with Crippen molar-refractivity contribution >= 4 is 40.8 Å². The summed E-state index contributed by atoms with van der Waals surface area (Å²) < 4.78 is 0. The van der Waals surface area contributed by atoms with Crippen molar-refractivity contribution in [3.63, 3.8) is 0 Å². The highest BCUT2D eigenvalue weighted by molar-refractivity contribution is 6.31. The zero-order chi connectivity index (χ0) is 22.4. The third-order valence-corrected chi connectivity index (χ3v) is 5.94. The maximum Gasteiger partial charge on any atom is 0.336 e. The molecule has 32 heavy (non-hydrogen) atoms. The molecule has 2 aliphatic heterocycles. The van der Waals surface area contributed by atoms with E-state index in [1.54, 1.807) is 60.7 Å². The molecule has 0 bridgehead atoms. The number of carboxylic acids is 1. The number of carbonyl (C=O) groups is 3. The van der Waals surface area contributed by atoms with Crippen molar-refractivity contribution in [1.82, 2.24) is 0 Å². The molecule has 2 amide bonds. The Kier molecular flexibility index (Phi) is 4.92. The molecule has 0 aliphatic carbocycles. The van der Waals surface area contributed by atoms with E-state index in [9.17, 15) is 19.5 Å². The molecular formula is C24H17ClN2O5. The van der Waals surface area contributed by atoms with Crippen LogP contribution in [0.5, 0.6) is 0 Å². The van der Waals surface area contributed by atoms with Crippen LogP contribution >= 0.6 is 11.6 Å². The first kappa shape index (κ1) is 20.2. The molecule has 1 N–H and O–H groups in total. The molecule has 0 radical (unpaired) electrons. The summed E-state index contributed by atoms with van der Waals surface area (Å²) in [4.78, 5) is 45.9. The Bertz CT molecular complexity index is 1230. The van der Waals surface area contributed by atoms with E-state index in [-0.39, 0.29) is 5.56 Å². The van der Waals surface area contributed by atoms with Crippen LogP contribution < -0.4 is 9.96 Å². The van der Waals surface area contributed by atoms with Crippen LogP contribution in [0, 0.1) is 5.92 Å². The van der Waals surface area contributed by atoms with Crippen LogP contribution in [0.2, 0.25) is 5.02 Å². The smallest absolute Gasteiger partial charge is 0.336 e. The number of halogens is 1. The molecule has 3 aromatic carbocycles. The minimum atomic E-state index is -1.12. The average molecular weight is 449 g/mol. The number of hydrogen-bond donors (Lipinski definition) is 1. The second-order valence-corrected chi connectivity index (χ2v) is 7.98. The standard InChI is InChI=1S/C24H17ClN2O5/c25-14-7-6-10-16(13-14)26-22(28)19-20(17-11-4-5-12-18(17)24(30)31)27(32-21(19)23(26)29)15-8-2-1-3-9-15/h1-13,19-21H,(H,30,31)/t19-,20-,21+/m1/s1. The monoisotopic (exact) mass is 448 g/mol. The number of para-hydroxylation sites is 1. The number of rotatable bonds is 4. The second kappa shape index (κ2) is 7.78. The number of aromatic carboxylic acids is 1. The van der Waals surface area contributed by atoms with E-state index < -0.39 is 35.8 Å². The zero-order valence-electron chi connectivity index (χ0n) is 16.6. The molecule has 5 rings (SSSR count). The molecule has 0 aromatic heterocycles. The minimum absolute atomic E-state index is 0.0455. The SMILES string of the molecule is O=C(O)c1ccccc1[C@@H]1[C@H]2C(=O)N(c3cccc(Cl)c3)C(=O)[C@H]2ON1c1ccccc1. The molecule has 2 aliphatic rings. The van der Waals surface area contributed by atoms with Gasteiger partial charge >= 0.3 is 5.97 Å². The Morgan fingerprint density at radius 1 is 0.875 bits per heavy atom. The fourth-order valence-electron chi connectivity index (χ4n) is 4.35. The van der Waals surface area contributed by atoms with E-state index in [1.165, 1.54) is 17.2 Å². The van der Waals surface area contributed by atoms with Gasteiger partial charge in [-0.25, -0.2) is 14.8 Å². The number of imide groups is 1. The molecule has 3 aromatic rings. The van der Waals surface area contributed by atoms with E-state index in [4.69, 9.17) is 16.4 Å². The Hall–Kier alpha value is -3.68. The van der Waals surface area contributed by atoms with E-state index in [0.29, 0.717) is 22.0 Å². The van der Waals surface area contributed by atoms with Gasteiger partial charge in [0.05, 0.1) is 23.0 Å². The number of fused-ring (bicyclic) bond motifs is 1. The highest BCUT2D eigenvalue weighted by Crippen LogP contribution is 2.48. The first-order valence-corrected chi connectivity index (χ1v) is 10.3. The maximum absolute atomic E-state index is 13.6. The van der Waals surface area contributed by atoms with E-state index >= 15 is 0 Å². The van der Waals surface area contributed by atoms with Crippen molar-refractivity contribution < 1.29 is 24.3 Å². The van der Waals surface area contributed by atoms with Crippen LogP contribution in [-0.4, -0.2) is 29.0 Å². The van der Waals surface area contributed by atoms with Crippen LogP contribution in [0.15, 0.2) is 78.9 Å². The summed E-state index contributed by atoms with van der Waals surface area (Å²) in [6, 6.07) is 21.1. The van der Waals surface area contributed by atoms with Gasteiger partial charge in [-0.15, -0.1) is 0 Å². The van der Waals surface area contributed by atoms with E-state index in [0.717, 1.165) is 4.90 Å². The largest absolute Gasteiger partial charge is 0.478 e. The van der Waals surface area contributed by atoms with Crippen molar-refractivity contribution in [2.75, 3.05) is 9.96 Å². The number of amides is 2. The fraction of sp³-hybridized carbons (Fsp3) is 0.125. The van der Waals surface area contributed by atoms with Gasteiger partial charge in [0.15, 0.2) is 6.10 Å². The number of anilines is 2. The van der Waals surface area contributed by atoms with Gasteiger partial charge in [0.1, 0.15) is 5.92 Å². The third kappa shape index (κ3) is 3.14. The molecule has 8 heteroatoms. The quantitative estimate of drug-likeness (QED) is 0.605. The fourth-order valence-corrected chi connectivity index (χ4v) is 4.53. The average Bonchev–Trinajstić information content (AvgIpc) is 3.30. The third-order valence-electron chi connectivity index (χ3n) is 5.70. The van der Waals surface area contributed by atoms with Crippen LogP contribution in [0.25, 0.3) is 0 Å². The van der Waals surface area contributed by atoms with Crippen molar-refractivity contribution in [3.8, 4) is 0 Å². The van der Waals surface area contributed by atoms with E-state index in [2.05, 4.69) is 0 Å². The van der Waals surface area contributed by atoms with Gasteiger partial charge in [-0.2, -0.15) is 0 Å². The number of benzene rings is 3. The molecule has 2 saturated heterocycles. The lowest BCUT2D eigenvalue weighted by Gasteiger charge is -2.29. The lowest BCUT2D eigenvalue weighted by atomic mass is 9.88. The Morgan fingerprint density at radius 2 is 1.56 bits per heavy atom. The summed E-state index contributed by atoms with van der Waals surface area (Å²) in [7, 11) is 0. The van der Waals surface area contributed by atoms with Gasteiger partial charge in [0.2, 0.25) is 5.91 Å². The number of carbonyl (C=O) groups excluding carboxylic acids is 2. The van der Waals surface area contributed by atoms with E-state index in [1.807, 2.05) is 6.07 Å². The lowest BCUT2D eigenvalue weighted by Crippen LogP contribution is -2.37. The molecule has 3 atom stereocenters. The minimum Gasteiger partial charge on any atom is -0.478 e. The van der Waals surface area contributed by atoms with Crippen molar-refractivity contribution in [1.29, 1.82) is 0 Å². The summed E-state index contributed by atoms with van der Waals surface area (Å²) in [5.41, 5.74) is 1.40. The molecule has 2 heterocycles. The number of hydrogen-bond acceptors (Lipinski definition) is 5. The lowest BCUT2D eigenvalue weighted by molar-refractivity contribution is -0.126. The Morgan fingerprint density at radius 3 is 2.28 bits per heavy atom. The number of carboxylic acid groups (broad SMARTS) is 1. The molecule has 0 spiro atoms. The molecule has 7 nitrogen and oxygen atoms in total. The van der Waals surface area contributed by atoms with Crippen LogP contribution in [0.3, 0.4) is 0 Å². The molecular weight excluding hydrogens is 432 g/mol. The normalized spacial score (nSPS) is 22.3. The van der Waals surface area contributed by atoms with Crippen LogP contribution in [0.1, 0.15) is 22.0 Å². The van der Waals surface area contributed by atoms with Gasteiger partial charge in [-0.1, -0.05) is 54.1 Å².